The Labute approximate surface area is 103 Å². The Morgan fingerprint density at radius 2 is 1.17 bits per heavy atom. The van der Waals surface area contributed by atoms with Crippen LogP contribution in [0.2, 0.25) is 0 Å². The first-order valence-electron chi connectivity index (χ1n) is 5.24. The van der Waals surface area contributed by atoms with Crippen LogP contribution in [0.4, 0.5) is 17.3 Å². The van der Waals surface area contributed by atoms with Gasteiger partial charge in [-0.05, 0) is 11.1 Å². The Bertz CT molecular complexity index is 462. The molecule has 0 aliphatic heterocycles. The zero-order chi connectivity index (χ0) is 13.6. The molecule has 0 saturated carbocycles. The molecule has 0 N–H and O–H groups in total. The quantitative estimate of drug-likeness (QED) is 0.418. The zero-order valence-corrected chi connectivity index (χ0v) is 9.73. The molecule has 1 nitrogen and oxygen atoms in total. The predicted octanol–water partition coefficient (Wildman–Crippen LogP) is 3.48. The normalized spacial score (nSPS) is 10.5. The molecule has 1 aromatic heterocycles. The van der Waals surface area contributed by atoms with Crippen molar-refractivity contribution in [1.29, 1.82) is 0 Å². The molecule has 1 heterocycles. The number of benzene rings is 1. The monoisotopic (exact) mass is 257 g/mol. The number of nitrogens with zero attached hydrogens (tertiary/aromatic N) is 1. The van der Waals surface area contributed by atoms with Gasteiger partial charge in [0, 0.05) is 12.1 Å². The summed E-state index contributed by atoms with van der Waals surface area (Å²) in [6.07, 6.45) is 4.12. The number of aromatic nitrogens is 1. The summed E-state index contributed by atoms with van der Waals surface area (Å²) >= 11 is 0. The van der Waals surface area contributed by atoms with Crippen LogP contribution in [0.15, 0.2) is 54.9 Å². The standard InChI is InChI=1S/C12H12N.BF4/c1-13-9-7-12(8-10-13)11-5-3-2-4-6-11;2-1(3,4)5/h2-10H,1H3;/q+1;-1. The molecule has 0 atom stereocenters. The first-order chi connectivity index (χ1) is 8.36. The van der Waals surface area contributed by atoms with Gasteiger partial charge in [0.25, 0.3) is 0 Å². The maximum absolute atomic E-state index is 9.75. The largest absolute Gasteiger partial charge is 0.673 e. The van der Waals surface area contributed by atoms with Crippen LogP contribution < -0.4 is 4.57 Å². The minimum Gasteiger partial charge on any atom is -0.418 e. The fraction of sp³-hybridized carbons (Fsp3) is 0.0833. The van der Waals surface area contributed by atoms with Crippen LogP contribution in [-0.4, -0.2) is 7.25 Å². The summed E-state index contributed by atoms with van der Waals surface area (Å²) in [7, 11) is -3.98. The van der Waals surface area contributed by atoms with E-state index in [9.17, 15) is 17.3 Å². The summed E-state index contributed by atoms with van der Waals surface area (Å²) in [4.78, 5) is 0. The molecule has 18 heavy (non-hydrogen) atoms. The summed E-state index contributed by atoms with van der Waals surface area (Å²) in [5.74, 6) is 0. The van der Waals surface area contributed by atoms with E-state index >= 15 is 0 Å². The van der Waals surface area contributed by atoms with Gasteiger partial charge < -0.3 is 17.3 Å². The first kappa shape index (κ1) is 14.2. The van der Waals surface area contributed by atoms with Gasteiger partial charge in [-0.2, -0.15) is 0 Å². The lowest BCUT2D eigenvalue weighted by Gasteiger charge is -1.98. The van der Waals surface area contributed by atoms with Crippen LogP contribution in [0, 0.1) is 0 Å². The predicted molar refractivity (Wildman–Crippen MR) is 63.2 cm³/mol. The molecular weight excluding hydrogens is 245 g/mol. The first-order valence-corrected chi connectivity index (χ1v) is 5.24. The third-order valence-electron chi connectivity index (χ3n) is 2.09. The average Bonchev–Trinajstić information content (AvgIpc) is 2.29. The van der Waals surface area contributed by atoms with Crippen molar-refractivity contribution < 1.29 is 21.8 Å². The van der Waals surface area contributed by atoms with Gasteiger partial charge in [-0.1, -0.05) is 30.3 Å². The highest BCUT2D eigenvalue weighted by Crippen LogP contribution is 2.16. The van der Waals surface area contributed by atoms with E-state index in [0.29, 0.717) is 0 Å². The molecule has 0 saturated heterocycles. The van der Waals surface area contributed by atoms with Crippen molar-refractivity contribution in [3.05, 3.63) is 54.9 Å². The van der Waals surface area contributed by atoms with Gasteiger partial charge in [-0.15, -0.1) is 0 Å². The third kappa shape index (κ3) is 6.03. The number of hydrogen-bond acceptors (Lipinski definition) is 0. The van der Waals surface area contributed by atoms with Crippen LogP contribution in [0.25, 0.3) is 11.1 Å². The smallest absolute Gasteiger partial charge is 0.418 e. The highest BCUT2D eigenvalue weighted by atomic mass is 19.5. The number of aryl methyl sites for hydroxylation is 1. The molecule has 2 aromatic rings. The van der Waals surface area contributed by atoms with E-state index in [1.165, 1.54) is 11.1 Å². The van der Waals surface area contributed by atoms with Crippen molar-refractivity contribution in [3.8, 4) is 11.1 Å². The van der Waals surface area contributed by atoms with E-state index < -0.39 is 7.25 Å². The second-order valence-corrected chi connectivity index (χ2v) is 3.61. The molecule has 0 spiro atoms. The number of rotatable bonds is 1. The molecule has 0 aliphatic carbocycles. The highest BCUT2D eigenvalue weighted by molar-refractivity contribution is 6.50. The fourth-order valence-electron chi connectivity index (χ4n) is 1.32. The highest BCUT2D eigenvalue weighted by Gasteiger charge is 2.20. The van der Waals surface area contributed by atoms with Crippen molar-refractivity contribution in [2.24, 2.45) is 7.05 Å². The van der Waals surface area contributed by atoms with Gasteiger partial charge in [0.15, 0.2) is 12.4 Å². The molecular formula is C12H12BF4N. The Morgan fingerprint density at radius 3 is 1.61 bits per heavy atom. The van der Waals surface area contributed by atoms with Gasteiger partial charge in [0.1, 0.15) is 7.05 Å². The lowest BCUT2D eigenvalue weighted by molar-refractivity contribution is -0.671. The lowest BCUT2D eigenvalue weighted by Crippen LogP contribution is -2.25. The molecule has 0 radical (unpaired) electrons. The molecule has 0 aliphatic rings. The second-order valence-electron chi connectivity index (χ2n) is 3.61. The Kier molecular flexibility index (Phi) is 4.89. The van der Waals surface area contributed by atoms with Gasteiger partial charge in [-0.3, -0.25) is 0 Å². The van der Waals surface area contributed by atoms with Crippen LogP contribution in [0.3, 0.4) is 0 Å². The van der Waals surface area contributed by atoms with Crippen LogP contribution in [0.5, 0.6) is 0 Å². The summed E-state index contributed by atoms with van der Waals surface area (Å²) in [6, 6.07) is 14.6. The Morgan fingerprint density at radius 1 is 0.778 bits per heavy atom. The van der Waals surface area contributed by atoms with Crippen molar-refractivity contribution in [3.63, 3.8) is 0 Å². The number of halogens is 4. The average molecular weight is 257 g/mol. The minimum absolute atomic E-state index is 1.26. The third-order valence-corrected chi connectivity index (χ3v) is 2.09. The van der Waals surface area contributed by atoms with Gasteiger partial charge in [-0.25, -0.2) is 4.57 Å². The van der Waals surface area contributed by atoms with Gasteiger partial charge in [0.2, 0.25) is 0 Å². The van der Waals surface area contributed by atoms with E-state index in [1.54, 1.807) is 0 Å². The van der Waals surface area contributed by atoms with Gasteiger partial charge >= 0.3 is 7.25 Å². The second kappa shape index (κ2) is 6.19. The molecule has 0 bridgehead atoms. The van der Waals surface area contributed by atoms with E-state index in [4.69, 9.17) is 0 Å². The molecule has 0 fully saturated rings. The Hall–Kier alpha value is -1.85. The molecule has 96 valence electrons. The van der Waals surface area contributed by atoms with Crippen molar-refractivity contribution in [2.75, 3.05) is 0 Å². The van der Waals surface area contributed by atoms with Crippen molar-refractivity contribution in [1.82, 2.24) is 0 Å². The lowest BCUT2D eigenvalue weighted by atomic mass is 10.1. The molecule has 0 unspecified atom stereocenters. The summed E-state index contributed by atoms with van der Waals surface area (Å²) in [5.41, 5.74) is 2.53. The van der Waals surface area contributed by atoms with Gasteiger partial charge in [0.05, 0.1) is 0 Å². The fourth-order valence-corrected chi connectivity index (χ4v) is 1.32. The maximum atomic E-state index is 9.75. The molecule has 6 heteroatoms. The summed E-state index contributed by atoms with van der Waals surface area (Å²) < 4.78 is 41.0. The van der Waals surface area contributed by atoms with Crippen LogP contribution in [0.1, 0.15) is 0 Å². The van der Waals surface area contributed by atoms with E-state index in [-0.39, 0.29) is 0 Å². The van der Waals surface area contributed by atoms with Crippen LogP contribution >= 0.6 is 0 Å². The molecule has 1 aromatic carbocycles. The van der Waals surface area contributed by atoms with E-state index in [1.807, 2.05) is 17.7 Å². The maximum Gasteiger partial charge on any atom is 0.673 e. The summed E-state index contributed by atoms with van der Waals surface area (Å²) in [6.45, 7) is 0. The molecule has 0 amide bonds. The summed E-state index contributed by atoms with van der Waals surface area (Å²) in [5, 5.41) is 0. The van der Waals surface area contributed by atoms with Crippen molar-refractivity contribution >= 4 is 7.25 Å². The number of pyridine rings is 1. The SMILES string of the molecule is C[n+]1ccc(-c2ccccc2)cc1.F[B-](F)(F)F. The molecule has 2 rings (SSSR count). The topological polar surface area (TPSA) is 3.88 Å². The Balaban J connectivity index is 0.000000280. The zero-order valence-electron chi connectivity index (χ0n) is 9.73. The minimum atomic E-state index is -6.00. The van der Waals surface area contributed by atoms with E-state index in [0.717, 1.165) is 0 Å². The number of hydrogen-bond donors (Lipinski definition) is 0. The van der Waals surface area contributed by atoms with E-state index in [2.05, 4.69) is 48.8 Å². The van der Waals surface area contributed by atoms with Crippen molar-refractivity contribution in [2.45, 2.75) is 0 Å². The van der Waals surface area contributed by atoms with Crippen LogP contribution in [-0.2, 0) is 7.05 Å².